The Morgan fingerprint density at radius 1 is 1.26 bits per heavy atom. The van der Waals surface area contributed by atoms with E-state index < -0.39 is 21.1 Å². The van der Waals surface area contributed by atoms with Crippen molar-refractivity contribution in [2.75, 3.05) is 0 Å². The second-order valence-corrected chi connectivity index (χ2v) is 6.86. The second kappa shape index (κ2) is 5.57. The first-order chi connectivity index (χ1) is 9.00. The molecule has 0 aliphatic heterocycles. The quantitative estimate of drug-likeness (QED) is 0.917. The highest BCUT2D eigenvalue weighted by Gasteiger charge is 2.34. The lowest BCUT2D eigenvalue weighted by Crippen LogP contribution is -2.30. The van der Waals surface area contributed by atoms with Crippen molar-refractivity contribution in [2.45, 2.75) is 30.3 Å². The van der Waals surface area contributed by atoms with Gasteiger partial charge in [-0.1, -0.05) is 36.4 Å². The molecule has 0 heterocycles. The van der Waals surface area contributed by atoms with Gasteiger partial charge >= 0.3 is 5.97 Å². The number of hydrogen-bond donors (Lipinski definition) is 1. The standard InChI is InChI=1S/C14H16O4S/c15-14(16)12-8-4-5-9-13(12)19(17,18)10-11-6-2-1-3-7-11/h1-3,6-8,13H,4-5,9-10H2,(H,15,16). The molecule has 19 heavy (non-hydrogen) atoms. The molecule has 1 unspecified atom stereocenters. The van der Waals surface area contributed by atoms with Crippen LogP contribution in [0.3, 0.4) is 0 Å². The fourth-order valence-electron chi connectivity index (χ4n) is 2.35. The number of hydrogen-bond acceptors (Lipinski definition) is 3. The monoisotopic (exact) mass is 280 g/mol. The van der Waals surface area contributed by atoms with Crippen LogP contribution in [-0.4, -0.2) is 24.7 Å². The summed E-state index contributed by atoms with van der Waals surface area (Å²) in [5.41, 5.74) is 0.722. The number of benzene rings is 1. The zero-order valence-electron chi connectivity index (χ0n) is 10.5. The SMILES string of the molecule is O=C(O)C1=CCCCC1S(=O)(=O)Cc1ccccc1. The Morgan fingerprint density at radius 3 is 2.58 bits per heavy atom. The Labute approximate surface area is 112 Å². The van der Waals surface area contributed by atoms with Crippen molar-refractivity contribution in [3.63, 3.8) is 0 Å². The number of aliphatic carboxylic acids is 1. The molecular weight excluding hydrogens is 264 g/mol. The van der Waals surface area contributed by atoms with Crippen molar-refractivity contribution in [3.8, 4) is 0 Å². The molecule has 1 aliphatic carbocycles. The molecule has 2 rings (SSSR count). The molecular formula is C14H16O4S. The molecule has 1 aromatic carbocycles. The van der Waals surface area contributed by atoms with Crippen molar-refractivity contribution < 1.29 is 18.3 Å². The molecule has 1 atom stereocenters. The molecule has 0 saturated heterocycles. The maximum atomic E-state index is 12.4. The minimum absolute atomic E-state index is 0.0298. The van der Waals surface area contributed by atoms with Gasteiger partial charge in [-0.2, -0.15) is 0 Å². The van der Waals surface area contributed by atoms with E-state index >= 15 is 0 Å². The molecule has 0 fully saturated rings. The highest BCUT2D eigenvalue weighted by atomic mass is 32.2. The Kier molecular flexibility index (Phi) is 4.04. The largest absolute Gasteiger partial charge is 0.478 e. The van der Waals surface area contributed by atoms with Gasteiger partial charge in [0.2, 0.25) is 0 Å². The van der Waals surface area contributed by atoms with E-state index in [1.165, 1.54) is 0 Å². The maximum absolute atomic E-state index is 12.4. The molecule has 1 aliphatic rings. The zero-order chi connectivity index (χ0) is 13.9. The average Bonchev–Trinajstić information content (AvgIpc) is 2.39. The van der Waals surface area contributed by atoms with Gasteiger partial charge in [0.05, 0.1) is 16.6 Å². The van der Waals surface area contributed by atoms with E-state index in [4.69, 9.17) is 5.11 Å². The van der Waals surface area contributed by atoms with Crippen LogP contribution in [0.4, 0.5) is 0 Å². The number of sulfone groups is 1. The topological polar surface area (TPSA) is 71.4 Å². The van der Waals surface area contributed by atoms with Crippen molar-refractivity contribution >= 4 is 15.8 Å². The molecule has 0 bridgehead atoms. The molecule has 102 valence electrons. The summed E-state index contributed by atoms with van der Waals surface area (Å²) >= 11 is 0. The Balaban J connectivity index is 2.26. The Bertz CT molecular complexity index is 587. The van der Waals surface area contributed by atoms with Gasteiger partial charge in [0, 0.05) is 0 Å². The molecule has 0 radical (unpaired) electrons. The predicted molar refractivity (Wildman–Crippen MR) is 72.4 cm³/mol. The zero-order valence-corrected chi connectivity index (χ0v) is 11.3. The summed E-state index contributed by atoms with van der Waals surface area (Å²) in [5, 5.41) is 8.23. The normalized spacial score (nSPS) is 19.8. The second-order valence-electron chi connectivity index (χ2n) is 4.68. The van der Waals surface area contributed by atoms with Crippen molar-refractivity contribution in [1.82, 2.24) is 0 Å². The summed E-state index contributed by atoms with van der Waals surface area (Å²) in [6, 6.07) is 8.85. The van der Waals surface area contributed by atoms with Crippen LogP contribution >= 0.6 is 0 Å². The van der Waals surface area contributed by atoms with Crippen LogP contribution in [-0.2, 0) is 20.4 Å². The third-order valence-corrected chi connectivity index (χ3v) is 5.37. The summed E-state index contributed by atoms with van der Waals surface area (Å²) < 4.78 is 24.7. The van der Waals surface area contributed by atoms with Crippen LogP contribution in [0.1, 0.15) is 24.8 Å². The van der Waals surface area contributed by atoms with Gasteiger partial charge in [-0.25, -0.2) is 13.2 Å². The molecule has 5 heteroatoms. The smallest absolute Gasteiger partial charge is 0.332 e. The summed E-state index contributed by atoms with van der Waals surface area (Å²) in [4.78, 5) is 11.1. The van der Waals surface area contributed by atoms with Crippen LogP contribution in [0, 0.1) is 0 Å². The molecule has 0 amide bonds. The van der Waals surface area contributed by atoms with E-state index in [1.807, 2.05) is 6.07 Å². The molecule has 0 spiro atoms. The highest BCUT2D eigenvalue weighted by molar-refractivity contribution is 7.91. The van der Waals surface area contributed by atoms with Gasteiger partial charge in [0.1, 0.15) is 0 Å². The first-order valence-corrected chi connectivity index (χ1v) is 7.91. The first kappa shape index (κ1) is 13.8. The fourth-order valence-corrected chi connectivity index (χ4v) is 4.32. The van der Waals surface area contributed by atoms with E-state index in [0.717, 1.165) is 6.42 Å². The number of allylic oxidation sites excluding steroid dienone is 1. The summed E-state index contributed by atoms with van der Waals surface area (Å²) in [7, 11) is -3.48. The van der Waals surface area contributed by atoms with E-state index in [1.54, 1.807) is 30.3 Å². The van der Waals surface area contributed by atoms with Gasteiger partial charge < -0.3 is 5.11 Å². The van der Waals surface area contributed by atoms with Crippen LogP contribution in [0.2, 0.25) is 0 Å². The first-order valence-electron chi connectivity index (χ1n) is 6.19. The van der Waals surface area contributed by atoms with E-state index in [2.05, 4.69) is 0 Å². The Hall–Kier alpha value is -1.62. The van der Waals surface area contributed by atoms with Gasteiger partial charge in [-0.3, -0.25) is 0 Å². The van der Waals surface area contributed by atoms with Crippen molar-refractivity contribution in [2.24, 2.45) is 0 Å². The van der Waals surface area contributed by atoms with Crippen LogP contribution in [0.15, 0.2) is 42.0 Å². The van der Waals surface area contributed by atoms with E-state index in [9.17, 15) is 13.2 Å². The third kappa shape index (κ3) is 3.23. The van der Waals surface area contributed by atoms with E-state index in [0.29, 0.717) is 18.4 Å². The third-order valence-electron chi connectivity index (χ3n) is 3.27. The average molecular weight is 280 g/mol. The van der Waals surface area contributed by atoms with Gasteiger partial charge in [-0.15, -0.1) is 0 Å². The summed E-state index contributed by atoms with van der Waals surface area (Å²) in [6.45, 7) is 0. The van der Waals surface area contributed by atoms with Gasteiger partial charge in [0.15, 0.2) is 9.84 Å². The van der Waals surface area contributed by atoms with Crippen LogP contribution in [0.25, 0.3) is 0 Å². The summed E-state index contributed by atoms with van der Waals surface area (Å²) in [6.07, 6.45) is 3.29. The Morgan fingerprint density at radius 2 is 1.95 bits per heavy atom. The van der Waals surface area contributed by atoms with Crippen molar-refractivity contribution in [3.05, 3.63) is 47.5 Å². The number of carboxylic acid groups (broad SMARTS) is 1. The molecule has 4 nitrogen and oxygen atoms in total. The van der Waals surface area contributed by atoms with E-state index in [-0.39, 0.29) is 11.3 Å². The minimum Gasteiger partial charge on any atom is -0.478 e. The lowest BCUT2D eigenvalue weighted by Gasteiger charge is -2.21. The van der Waals surface area contributed by atoms with Gasteiger partial charge in [-0.05, 0) is 24.8 Å². The van der Waals surface area contributed by atoms with Crippen LogP contribution in [0.5, 0.6) is 0 Å². The lowest BCUT2D eigenvalue weighted by molar-refractivity contribution is -0.132. The number of carboxylic acids is 1. The van der Waals surface area contributed by atoms with Crippen molar-refractivity contribution in [1.29, 1.82) is 0 Å². The molecule has 0 aromatic heterocycles. The predicted octanol–water partition coefficient (Wildman–Crippen LogP) is 2.16. The fraction of sp³-hybridized carbons (Fsp3) is 0.357. The molecule has 0 saturated carbocycles. The van der Waals surface area contributed by atoms with Crippen LogP contribution < -0.4 is 0 Å². The number of rotatable bonds is 4. The number of carbonyl (C=O) groups is 1. The molecule has 1 N–H and O–H groups in total. The molecule has 1 aromatic rings. The summed E-state index contributed by atoms with van der Waals surface area (Å²) in [5.74, 6) is -1.23. The minimum atomic E-state index is -3.48. The highest BCUT2D eigenvalue weighted by Crippen LogP contribution is 2.27. The van der Waals surface area contributed by atoms with Gasteiger partial charge in [0.25, 0.3) is 0 Å². The maximum Gasteiger partial charge on any atom is 0.332 e. The lowest BCUT2D eigenvalue weighted by atomic mass is 9.99.